The topological polar surface area (TPSA) is 123 Å². The molecule has 2 aromatic carbocycles. The van der Waals surface area contributed by atoms with E-state index in [1.54, 1.807) is 23.0 Å². The monoisotopic (exact) mass is 441 g/mol. The van der Waals surface area contributed by atoms with Gasteiger partial charge in [0.15, 0.2) is 0 Å². The van der Waals surface area contributed by atoms with Crippen molar-refractivity contribution in [3.05, 3.63) is 95.9 Å². The van der Waals surface area contributed by atoms with Gasteiger partial charge < -0.3 is 20.7 Å². The summed E-state index contributed by atoms with van der Waals surface area (Å²) < 4.78 is 1.57. The summed E-state index contributed by atoms with van der Waals surface area (Å²) in [5, 5.41) is 13.0. The van der Waals surface area contributed by atoms with Gasteiger partial charge in [0, 0.05) is 23.6 Å². The van der Waals surface area contributed by atoms with Gasteiger partial charge in [0.2, 0.25) is 11.9 Å². The van der Waals surface area contributed by atoms with Crippen molar-refractivity contribution in [3.8, 4) is 11.3 Å². The van der Waals surface area contributed by atoms with E-state index in [1.165, 1.54) is 0 Å². The lowest BCUT2D eigenvalue weighted by molar-refractivity contribution is -0.118. The van der Waals surface area contributed by atoms with Gasteiger partial charge in [-0.3, -0.25) is 4.79 Å². The summed E-state index contributed by atoms with van der Waals surface area (Å²) in [6.45, 7) is 1.86. The second-order valence-electron chi connectivity index (χ2n) is 7.64. The maximum Gasteiger partial charge on any atom is 0.352 e. The van der Waals surface area contributed by atoms with Crippen LogP contribution in [0.25, 0.3) is 11.3 Å². The van der Waals surface area contributed by atoms with Gasteiger partial charge in [-0.25, -0.2) is 14.8 Å². The van der Waals surface area contributed by atoms with Crippen LogP contribution in [0.3, 0.4) is 0 Å². The first-order chi connectivity index (χ1) is 15.9. The fourth-order valence-corrected chi connectivity index (χ4v) is 3.73. The van der Waals surface area contributed by atoms with Crippen LogP contribution >= 0.6 is 0 Å². The van der Waals surface area contributed by atoms with Gasteiger partial charge >= 0.3 is 5.97 Å². The largest absolute Gasteiger partial charge is 0.477 e. The van der Waals surface area contributed by atoms with Gasteiger partial charge in [-0.15, -0.1) is 0 Å². The summed E-state index contributed by atoms with van der Waals surface area (Å²) in [5.41, 5.74) is 9.14. The maximum atomic E-state index is 12.1. The lowest BCUT2D eigenvalue weighted by atomic mass is 10.0. The molecule has 33 heavy (non-hydrogen) atoms. The smallest absolute Gasteiger partial charge is 0.352 e. The summed E-state index contributed by atoms with van der Waals surface area (Å²) in [6, 6.07) is 19.7. The molecule has 8 nitrogen and oxygen atoms in total. The average molecular weight is 441 g/mol. The number of hydrogen-bond acceptors (Lipinski definition) is 5. The molecule has 0 saturated heterocycles. The fraction of sp³-hybridized carbons (Fsp3) is 0.120. The Morgan fingerprint density at radius 3 is 2.39 bits per heavy atom. The van der Waals surface area contributed by atoms with Crippen molar-refractivity contribution in [2.24, 2.45) is 5.73 Å². The van der Waals surface area contributed by atoms with E-state index in [4.69, 9.17) is 5.73 Å². The number of nitrogens with zero attached hydrogens (tertiary/aromatic N) is 3. The number of hydrogen-bond donors (Lipinski definition) is 3. The molecule has 1 atom stereocenters. The number of carbonyl (C=O) groups is 2. The summed E-state index contributed by atoms with van der Waals surface area (Å²) in [6.07, 6.45) is 3.34. The third-order valence-electron chi connectivity index (χ3n) is 5.26. The molecule has 4 rings (SSSR count). The highest BCUT2D eigenvalue weighted by molar-refractivity contribution is 5.88. The highest BCUT2D eigenvalue weighted by atomic mass is 16.4. The molecule has 1 unspecified atom stereocenters. The molecule has 2 heterocycles. The Labute approximate surface area is 190 Å². The maximum absolute atomic E-state index is 12.1. The normalized spacial score (nSPS) is 11.7. The molecule has 0 saturated carbocycles. The first-order valence-electron chi connectivity index (χ1n) is 10.4. The fourth-order valence-electron chi connectivity index (χ4n) is 3.73. The number of aromatic nitrogens is 3. The number of primary amides is 1. The van der Waals surface area contributed by atoms with Crippen LogP contribution in [0, 0.1) is 6.92 Å². The van der Waals surface area contributed by atoms with Gasteiger partial charge in [0.1, 0.15) is 5.69 Å². The summed E-state index contributed by atoms with van der Waals surface area (Å²) in [7, 11) is 0. The molecule has 0 fully saturated rings. The van der Waals surface area contributed by atoms with Crippen molar-refractivity contribution in [2.75, 3.05) is 5.32 Å². The van der Waals surface area contributed by atoms with Crippen LogP contribution in [0.1, 0.15) is 34.1 Å². The van der Waals surface area contributed by atoms with Crippen molar-refractivity contribution in [2.45, 2.75) is 19.4 Å². The number of anilines is 2. The lowest BCUT2D eigenvalue weighted by Gasteiger charge is -2.20. The minimum absolute atomic E-state index is 0.0377. The van der Waals surface area contributed by atoms with Crippen molar-refractivity contribution in [1.29, 1.82) is 0 Å². The Morgan fingerprint density at radius 1 is 1.09 bits per heavy atom. The summed E-state index contributed by atoms with van der Waals surface area (Å²) in [4.78, 5) is 32.9. The highest BCUT2D eigenvalue weighted by Crippen LogP contribution is 2.31. The van der Waals surface area contributed by atoms with Gasteiger partial charge in [0.05, 0.1) is 18.2 Å². The number of aryl methyl sites for hydroxylation is 1. The van der Waals surface area contributed by atoms with Crippen LogP contribution in [0.4, 0.5) is 11.6 Å². The van der Waals surface area contributed by atoms with Crippen molar-refractivity contribution in [3.63, 3.8) is 0 Å². The quantitative estimate of drug-likeness (QED) is 0.377. The van der Waals surface area contributed by atoms with E-state index >= 15 is 0 Å². The predicted octanol–water partition coefficient (Wildman–Crippen LogP) is 4.16. The van der Waals surface area contributed by atoms with E-state index in [0.29, 0.717) is 17.2 Å². The molecule has 0 bridgehead atoms. The van der Waals surface area contributed by atoms with E-state index in [2.05, 4.69) is 15.3 Å². The molecule has 1 amide bonds. The number of carboxylic acids is 1. The molecule has 8 heteroatoms. The number of nitrogens with two attached hydrogens (primary N) is 1. The van der Waals surface area contributed by atoms with E-state index in [-0.39, 0.29) is 12.1 Å². The van der Waals surface area contributed by atoms with Gasteiger partial charge in [-0.2, -0.15) is 0 Å². The van der Waals surface area contributed by atoms with Crippen LogP contribution in [-0.2, 0) is 4.79 Å². The van der Waals surface area contributed by atoms with Crippen LogP contribution in [0.2, 0.25) is 0 Å². The van der Waals surface area contributed by atoms with Gasteiger partial charge in [-0.05, 0) is 36.2 Å². The summed E-state index contributed by atoms with van der Waals surface area (Å²) >= 11 is 0. The molecule has 4 N–H and O–H groups in total. The standard InChI is InChI=1S/C25H23N5O3/c1-16-14-27-25(28-19-10-6-3-7-11-19)29-23(16)18-12-21(24(32)33)30(15-18)20(13-22(26)31)17-8-4-2-5-9-17/h2-12,14-15,20H,13H2,1H3,(H2,26,31)(H,32,33)(H,27,28,29). The number of aromatic carboxylic acids is 1. The molecule has 0 spiro atoms. The molecule has 0 aliphatic heterocycles. The Balaban J connectivity index is 1.78. The van der Waals surface area contributed by atoms with Gasteiger partial charge in [0.25, 0.3) is 0 Å². The van der Waals surface area contributed by atoms with Crippen molar-refractivity contribution in [1.82, 2.24) is 14.5 Å². The number of benzene rings is 2. The molecule has 166 valence electrons. The number of rotatable bonds is 8. The van der Waals surface area contributed by atoms with E-state index in [0.717, 1.165) is 16.8 Å². The number of nitrogens with one attached hydrogen (secondary N) is 1. The number of carbonyl (C=O) groups excluding carboxylic acids is 1. The third-order valence-corrected chi connectivity index (χ3v) is 5.26. The van der Waals surface area contributed by atoms with E-state index < -0.39 is 17.9 Å². The molecule has 0 aliphatic rings. The molecular weight excluding hydrogens is 418 g/mol. The highest BCUT2D eigenvalue weighted by Gasteiger charge is 2.24. The zero-order chi connectivity index (χ0) is 23.4. The first-order valence-corrected chi connectivity index (χ1v) is 10.4. The molecule has 0 radical (unpaired) electrons. The third kappa shape index (κ3) is 4.90. The zero-order valence-electron chi connectivity index (χ0n) is 18.0. The number of carboxylic acid groups (broad SMARTS) is 1. The lowest BCUT2D eigenvalue weighted by Crippen LogP contribution is -2.22. The van der Waals surface area contributed by atoms with Crippen LogP contribution in [0.15, 0.2) is 79.1 Å². The number of para-hydroxylation sites is 1. The summed E-state index contributed by atoms with van der Waals surface area (Å²) in [5.74, 6) is -1.24. The van der Waals surface area contributed by atoms with Crippen LogP contribution < -0.4 is 11.1 Å². The second-order valence-corrected chi connectivity index (χ2v) is 7.64. The average Bonchev–Trinajstić information content (AvgIpc) is 3.25. The molecule has 4 aromatic rings. The Kier molecular flexibility index (Phi) is 6.17. The van der Waals surface area contributed by atoms with Gasteiger partial charge in [-0.1, -0.05) is 48.5 Å². The Bertz CT molecular complexity index is 1290. The second kappa shape index (κ2) is 9.35. The molecule has 2 aromatic heterocycles. The van der Waals surface area contributed by atoms with E-state index in [1.807, 2.05) is 67.6 Å². The van der Waals surface area contributed by atoms with Crippen molar-refractivity contribution >= 4 is 23.5 Å². The van der Waals surface area contributed by atoms with Crippen molar-refractivity contribution < 1.29 is 14.7 Å². The zero-order valence-corrected chi connectivity index (χ0v) is 18.0. The first kappa shape index (κ1) is 21.8. The minimum Gasteiger partial charge on any atom is -0.477 e. The molecule has 0 aliphatic carbocycles. The number of amides is 1. The van der Waals surface area contributed by atoms with E-state index in [9.17, 15) is 14.7 Å². The predicted molar refractivity (Wildman–Crippen MR) is 125 cm³/mol. The van der Waals surface area contributed by atoms with Crippen LogP contribution in [-0.4, -0.2) is 31.5 Å². The van der Waals surface area contributed by atoms with Crippen LogP contribution in [0.5, 0.6) is 0 Å². The Morgan fingerprint density at radius 2 is 1.76 bits per heavy atom. The Hall–Kier alpha value is -4.46. The minimum atomic E-state index is -1.11. The molecular formula is C25H23N5O3. The SMILES string of the molecule is Cc1cnc(Nc2ccccc2)nc1-c1cc(C(=O)O)n(C(CC(N)=O)c2ccccc2)c1.